The number of hydrogen-bond donors (Lipinski definition) is 0. The van der Waals surface area contributed by atoms with Crippen LogP contribution in [0.3, 0.4) is 0 Å². The van der Waals surface area contributed by atoms with Crippen molar-refractivity contribution in [2.24, 2.45) is 28.6 Å². The fourth-order valence-electron chi connectivity index (χ4n) is 7.04. The molecule has 4 aliphatic carbocycles. The van der Waals surface area contributed by atoms with Crippen LogP contribution in [0.1, 0.15) is 85.5 Å². The smallest absolute Gasteiger partial charge is 0.302 e. The van der Waals surface area contributed by atoms with Crippen molar-refractivity contribution in [1.29, 1.82) is 0 Å². The van der Waals surface area contributed by atoms with Crippen molar-refractivity contribution in [3.05, 3.63) is 11.1 Å². The van der Waals surface area contributed by atoms with Crippen LogP contribution in [0.4, 0.5) is 0 Å². The molecular formula is C22H34O2. The van der Waals surface area contributed by atoms with E-state index in [1.807, 2.05) is 11.1 Å². The number of ether oxygens (including phenoxy) is 1. The minimum atomic E-state index is -0.0991. The van der Waals surface area contributed by atoms with Gasteiger partial charge in [-0.2, -0.15) is 0 Å². The van der Waals surface area contributed by atoms with Crippen LogP contribution in [0.2, 0.25) is 0 Å². The first-order chi connectivity index (χ1) is 11.3. The second-order valence-electron chi connectivity index (χ2n) is 9.93. The van der Waals surface area contributed by atoms with Gasteiger partial charge >= 0.3 is 5.97 Å². The second kappa shape index (κ2) is 5.61. The Bertz CT molecular complexity index is 573. The Morgan fingerprint density at radius 1 is 1.04 bits per heavy atom. The van der Waals surface area contributed by atoms with Gasteiger partial charge in [0.1, 0.15) is 6.10 Å². The normalized spacial score (nSPS) is 43.7. The molecular weight excluding hydrogens is 296 g/mol. The summed E-state index contributed by atoms with van der Waals surface area (Å²) in [4.78, 5) is 11.3. The molecule has 4 rings (SSSR count). The van der Waals surface area contributed by atoms with Gasteiger partial charge in [0.05, 0.1) is 0 Å². The SMILES string of the molecule is CC(=O)O[C@@H]1CC[C@@]2(C)[C@H](CC[C@H]3C4=C(CC[C@@H]32)C(C)(C)CC4)C1. The fourth-order valence-corrected chi connectivity index (χ4v) is 7.04. The van der Waals surface area contributed by atoms with Crippen molar-refractivity contribution < 1.29 is 9.53 Å². The van der Waals surface area contributed by atoms with E-state index in [0.717, 1.165) is 30.6 Å². The van der Waals surface area contributed by atoms with E-state index in [0.29, 0.717) is 10.8 Å². The molecule has 2 nitrogen and oxygen atoms in total. The lowest BCUT2D eigenvalue weighted by Crippen LogP contribution is -2.49. The third-order valence-electron chi connectivity index (χ3n) is 8.35. The molecule has 0 spiro atoms. The molecule has 0 aromatic rings. The van der Waals surface area contributed by atoms with Crippen molar-refractivity contribution in [1.82, 2.24) is 0 Å². The lowest BCUT2D eigenvalue weighted by atomic mass is 9.49. The maximum absolute atomic E-state index is 11.3. The van der Waals surface area contributed by atoms with Gasteiger partial charge in [-0.1, -0.05) is 31.9 Å². The van der Waals surface area contributed by atoms with Crippen LogP contribution in [-0.4, -0.2) is 12.1 Å². The molecule has 0 aliphatic heterocycles. The van der Waals surface area contributed by atoms with Gasteiger partial charge in [0.2, 0.25) is 0 Å². The Kier molecular flexibility index (Phi) is 3.89. The minimum absolute atomic E-state index is 0.0991. The Labute approximate surface area is 147 Å². The highest BCUT2D eigenvalue weighted by Crippen LogP contribution is 2.63. The van der Waals surface area contributed by atoms with Crippen LogP contribution in [0.25, 0.3) is 0 Å². The van der Waals surface area contributed by atoms with Gasteiger partial charge in [-0.25, -0.2) is 0 Å². The number of hydrogen-bond acceptors (Lipinski definition) is 2. The van der Waals surface area contributed by atoms with Gasteiger partial charge in [-0.3, -0.25) is 4.79 Å². The molecule has 0 amide bonds. The van der Waals surface area contributed by atoms with Crippen molar-refractivity contribution in [3.8, 4) is 0 Å². The first-order valence-electron chi connectivity index (χ1n) is 10.2. The van der Waals surface area contributed by atoms with Crippen LogP contribution < -0.4 is 0 Å². The summed E-state index contributed by atoms with van der Waals surface area (Å²) >= 11 is 0. The zero-order valence-electron chi connectivity index (χ0n) is 16.0. The average Bonchev–Trinajstić information content (AvgIpc) is 2.83. The number of carbonyl (C=O) groups is 1. The zero-order chi connectivity index (χ0) is 17.1. The standard InChI is InChI=1S/C22H34O2/c1-14(23)24-16-9-12-22(4)15(13-16)5-6-17-18-10-11-21(2,3)19(18)7-8-20(17)22/h15-17,20H,5-13H2,1-4H3/t15-,16-,17+,20+,22+/m1/s1. The summed E-state index contributed by atoms with van der Waals surface area (Å²) < 4.78 is 5.57. The zero-order valence-corrected chi connectivity index (χ0v) is 16.0. The van der Waals surface area contributed by atoms with Gasteiger partial charge in [0.25, 0.3) is 0 Å². The lowest BCUT2D eigenvalue weighted by molar-refractivity contribution is -0.154. The van der Waals surface area contributed by atoms with Crippen LogP contribution in [0.15, 0.2) is 11.1 Å². The predicted molar refractivity (Wildman–Crippen MR) is 96.5 cm³/mol. The molecule has 5 atom stereocenters. The lowest BCUT2D eigenvalue weighted by Gasteiger charge is -2.57. The molecule has 0 heterocycles. The van der Waals surface area contributed by atoms with E-state index >= 15 is 0 Å². The summed E-state index contributed by atoms with van der Waals surface area (Å²) in [7, 11) is 0. The molecule has 24 heavy (non-hydrogen) atoms. The first kappa shape index (κ1) is 16.7. The molecule has 4 aliphatic rings. The second-order valence-corrected chi connectivity index (χ2v) is 9.93. The highest BCUT2D eigenvalue weighted by molar-refractivity contribution is 5.66. The van der Waals surface area contributed by atoms with E-state index < -0.39 is 0 Å². The number of esters is 1. The topological polar surface area (TPSA) is 26.3 Å². The summed E-state index contributed by atoms with van der Waals surface area (Å²) in [6.45, 7) is 9.06. The summed E-state index contributed by atoms with van der Waals surface area (Å²) in [5, 5.41) is 0. The summed E-state index contributed by atoms with van der Waals surface area (Å²) in [5.41, 5.74) is 4.65. The Morgan fingerprint density at radius 3 is 2.58 bits per heavy atom. The quantitative estimate of drug-likeness (QED) is 0.458. The van der Waals surface area contributed by atoms with Crippen LogP contribution in [-0.2, 0) is 9.53 Å². The van der Waals surface area contributed by atoms with E-state index in [1.54, 1.807) is 6.92 Å². The maximum Gasteiger partial charge on any atom is 0.302 e. The van der Waals surface area contributed by atoms with Gasteiger partial charge < -0.3 is 4.74 Å². The molecule has 2 heteroatoms. The van der Waals surface area contributed by atoms with Crippen molar-refractivity contribution >= 4 is 5.97 Å². The minimum Gasteiger partial charge on any atom is -0.463 e. The third kappa shape index (κ3) is 2.47. The van der Waals surface area contributed by atoms with Gasteiger partial charge in [-0.05, 0) is 86.4 Å². The molecule has 0 unspecified atom stereocenters. The van der Waals surface area contributed by atoms with Crippen molar-refractivity contribution in [3.63, 3.8) is 0 Å². The number of rotatable bonds is 1. The fraction of sp³-hybridized carbons (Fsp3) is 0.864. The molecule has 0 aromatic carbocycles. The van der Waals surface area contributed by atoms with Crippen LogP contribution in [0.5, 0.6) is 0 Å². The van der Waals surface area contributed by atoms with Gasteiger partial charge in [-0.15, -0.1) is 0 Å². The monoisotopic (exact) mass is 330 g/mol. The summed E-state index contributed by atoms with van der Waals surface area (Å²) in [6.07, 6.45) is 11.8. The average molecular weight is 331 g/mol. The van der Waals surface area contributed by atoms with E-state index in [1.165, 1.54) is 44.9 Å². The summed E-state index contributed by atoms with van der Waals surface area (Å²) in [5.74, 6) is 2.40. The largest absolute Gasteiger partial charge is 0.463 e. The van der Waals surface area contributed by atoms with E-state index in [2.05, 4.69) is 20.8 Å². The number of carbonyl (C=O) groups excluding carboxylic acids is 1. The Hall–Kier alpha value is -0.790. The Morgan fingerprint density at radius 2 is 1.83 bits per heavy atom. The first-order valence-corrected chi connectivity index (χ1v) is 10.2. The van der Waals surface area contributed by atoms with E-state index in [4.69, 9.17) is 4.74 Å². The highest BCUT2D eigenvalue weighted by Gasteiger charge is 2.54. The Balaban J connectivity index is 1.56. The molecule has 0 aromatic heterocycles. The third-order valence-corrected chi connectivity index (χ3v) is 8.35. The number of allylic oxidation sites excluding steroid dienone is 2. The van der Waals surface area contributed by atoms with Crippen molar-refractivity contribution in [2.45, 2.75) is 91.6 Å². The van der Waals surface area contributed by atoms with Crippen LogP contribution in [0, 0.1) is 28.6 Å². The number of fused-ring (bicyclic) bond motifs is 4. The van der Waals surface area contributed by atoms with Crippen molar-refractivity contribution in [2.75, 3.05) is 0 Å². The molecule has 0 saturated heterocycles. The molecule has 2 saturated carbocycles. The predicted octanol–water partition coefficient (Wildman–Crippen LogP) is 5.66. The van der Waals surface area contributed by atoms with Gasteiger partial charge in [0, 0.05) is 6.92 Å². The summed E-state index contributed by atoms with van der Waals surface area (Å²) in [6, 6.07) is 0. The van der Waals surface area contributed by atoms with Crippen LogP contribution >= 0.6 is 0 Å². The highest BCUT2D eigenvalue weighted by atomic mass is 16.5. The molecule has 0 radical (unpaired) electrons. The van der Waals surface area contributed by atoms with Gasteiger partial charge in [0.15, 0.2) is 0 Å². The maximum atomic E-state index is 11.3. The molecule has 2 fully saturated rings. The molecule has 0 bridgehead atoms. The van der Waals surface area contributed by atoms with E-state index in [9.17, 15) is 4.79 Å². The molecule has 0 N–H and O–H groups in total. The van der Waals surface area contributed by atoms with E-state index in [-0.39, 0.29) is 12.1 Å². The molecule has 134 valence electrons.